The third kappa shape index (κ3) is 5.65. The summed E-state index contributed by atoms with van der Waals surface area (Å²) in [5.74, 6) is 0.655. The lowest BCUT2D eigenvalue weighted by molar-refractivity contribution is 0.0370. The van der Waals surface area contributed by atoms with E-state index in [1.807, 2.05) is 26.8 Å². The van der Waals surface area contributed by atoms with Crippen LogP contribution in [-0.2, 0) is 4.74 Å². The first-order valence-electron chi connectivity index (χ1n) is 5.47. The number of allylic oxidation sites excluding steroid dienone is 2. The van der Waals surface area contributed by atoms with E-state index in [2.05, 4.69) is 16.2 Å². The van der Waals surface area contributed by atoms with E-state index in [0.29, 0.717) is 11.6 Å². The molecule has 0 saturated heterocycles. The molecule has 0 aromatic rings. The van der Waals surface area contributed by atoms with Crippen LogP contribution < -0.4 is 16.2 Å². The number of hydrogen-bond acceptors (Lipinski definition) is 5. The second-order valence-corrected chi connectivity index (χ2v) is 4.75. The smallest absolute Gasteiger partial charge is 0.208 e. The van der Waals surface area contributed by atoms with Crippen molar-refractivity contribution in [2.45, 2.75) is 33.3 Å². The normalized spacial score (nSPS) is 15.5. The molecule has 0 fully saturated rings. The molecule has 0 saturated carbocycles. The summed E-state index contributed by atoms with van der Waals surface area (Å²) in [6.45, 7) is 7.68. The van der Waals surface area contributed by atoms with Crippen molar-refractivity contribution in [2.24, 2.45) is 0 Å². The number of nitrogens with one attached hydrogen (secondary N) is 4. The van der Waals surface area contributed by atoms with E-state index in [0.717, 1.165) is 5.70 Å². The molecule has 0 aromatic carbocycles. The van der Waals surface area contributed by atoms with E-state index >= 15 is 0 Å². The molecular formula is C12H20N4O. The molecule has 0 aromatic heterocycles. The summed E-state index contributed by atoms with van der Waals surface area (Å²) >= 11 is 0. The second-order valence-electron chi connectivity index (χ2n) is 4.75. The van der Waals surface area contributed by atoms with E-state index in [9.17, 15) is 0 Å². The molecule has 0 aliphatic carbocycles. The molecule has 1 rings (SSSR count). The zero-order valence-electron chi connectivity index (χ0n) is 10.7. The van der Waals surface area contributed by atoms with Gasteiger partial charge in [-0.25, -0.2) is 0 Å². The molecule has 1 aliphatic rings. The fourth-order valence-corrected chi connectivity index (χ4v) is 1.14. The fraction of sp³-hybridized carbons (Fsp3) is 0.417. The molecule has 0 atom stereocenters. The Labute approximate surface area is 102 Å². The molecule has 94 valence electrons. The third-order valence-corrected chi connectivity index (χ3v) is 1.71. The van der Waals surface area contributed by atoms with Gasteiger partial charge in [-0.05, 0) is 33.8 Å². The molecule has 0 bridgehead atoms. The summed E-state index contributed by atoms with van der Waals surface area (Å²) in [5, 5.41) is 10.3. The van der Waals surface area contributed by atoms with Gasteiger partial charge in [-0.2, -0.15) is 0 Å². The van der Waals surface area contributed by atoms with Crippen LogP contribution in [0.25, 0.3) is 0 Å². The van der Waals surface area contributed by atoms with Crippen molar-refractivity contribution < 1.29 is 4.74 Å². The van der Waals surface area contributed by atoms with E-state index in [1.54, 1.807) is 25.4 Å². The minimum Gasteiger partial charge on any atom is -0.472 e. The Hall–Kier alpha value is -1.91. The molecule has 0 unspecified atom stereocenters. The van der Waals surface area contributed by atoms with Gasteiger partial charge >= 0.3 is 0 Å². The van der Waals surface area contributed by atoms with Crippen molar-refractivity contribution in [3.8, 4) is 0 Å². The standard InChI is InChI=1S/C12H20N4O/c1-9(13)5-6-14-10-7-11(16-15-8-10)17-12(2,3)4/h5-8,13-16H,1-4H3/b6-5-,13-9?. The Balaban J connectivity index is 2.57. The Morgan fingerprint density at radius 1 is 1.47 bits per heavy atom. The van der Waals surface area contributed by atoms with Crippen LogP contribution in [0, 0.1) is 5.41 Å². The number of rotatable bonds is 4. The van der Waals surface area contributed by atoms with Gasteiger partial charge in [0.05, 0.1) is 5.70 Å². The highest BCUT2D eigenvalue weighted by Gasteiger charge is 2.15. The first-order valence-corrected chi connectivity index (χ1v) is 5.47. The van der Waals surface area contributed by atoms with Gasteiger partial charge in [0.1, 0.15) is 5.60 Å². The van der Waals surface area contributed by atoms with Crippen LogP contribution in [0.2, 0.25) is 0 Å². The maximum Gasteiger partial charge on any atom is 0.208 e. The van der Waals surface area contributed by atoms with Gasteiger partial charge in [0, 0.05) is 24.2 Å². The first kappa shape index (κ1) is 13.2. The molecular weight excluding hydrogens is 216 g/mol. The Morgan fingerprint density at radius 3 is 2.76 bits per heavy atom. The summed E-state index contributed by atoms with van der Waals surface area (Å²) in [5.41, 5.74) is 6.91. The average Bonchev–Trinajstić information content (AvgIpc) is 2.14. The third-order valence-electron chi connectivity index (χ3n) is 1.71. The summed E-state index contributed by atoms with van der Waals surface area (Å²) in [6.07, 6.45) is 7.03. The second kappa shape index (κ2) is 5.43. The van der Waals surface area contributed by atoms with Crippen LogP contribution >= 0.6 is 0 Å². The Bertz CT molecular complexity index is 374. The van der Waals surface area contributed by atoms with Crippen LogP contribution in [0.4, 0.5) is 0 Å². The van der Waals surface area contributed by atoms with Crippen LogP contribution in [0.3, 0.4) is 0 Å². The van der Waals surface area contributed by atoms with Gasteiger partial charge in [-0.1, -0.05) is 0 Å². The van der Waals surface area contributed by atoms with Gasteiger partial charge in [0.25, 0.3) is 0 Å². The quantitative estimate of drug-likeness (QED) is 0.561. The molecule has 4 N–H and O–H groups in total. The molecule has 17 heavy (non-hydrogen) atoms. The van der Waals surface area contributed by atoms with Crippen LogP contribution in [0.15, 0.2) is 36.1 Å². The lowest BCUT2D eigenvalue weighted by atomic mass is 10.2. The van der Waals surface area contributed by atoms with Gasteiger partial charge in [0.2, 0.25) is 5.88 Å². The van der Waals surface area contributed by atoms with Crippen LogP contribution in [0.5, 0.6) is 0 Å². The van der Waals surface area contributed by atoms with E-state index in [1.165, 1.54) is 0 Å². The Morgan fingerprint density at radius 2 is 2.18 bits per heavy atom. The summed E-state index contributed by atoms with van der Waals surface area (Å²) < 4.78 is 5.68. The highest BCUT2D eigenvalue weighted by atomic mass is 16.5. The molecule has 1 heterocycles. The lowest BCUT2D eigenvalue weighted by Gasteiger charge is -2.26. The van der Waals surface area contributed by atoms with E-state index in [4.69, 9.17) is 10.1 Å². The van der Waals surface area contributed by atoms with E-state index < -0.39 is 0 Å². The molecule has 0 spiro atoms. The number of hydrogen-bond donors (Lipinski definition) is 4. The first-order chi connectivity index (χ1) is 7.87. The predicted molar refractivity (Wildman–Crippen MR) is 69.0 cm³/mol. The zero-order chi connectivity index (χ0) is 12.9. The molecule has 5 heteroatoms. The minimum atomic E-state index is -0.246. The Kier molecular flexibility index (Phi) is 4.20. The number of hydrazine groups is 1. The largest absolute Gasteiger partial charge is 0.472 e. The predicted octanol–water partition coefficient (Wildman–Crippen LogP) is 1.74. The summed E-state index contributed by atoms with van der Waals surface area (Å²) in [4.78, 5) is 0. The van der Waals surface area contributed by atoms with Gasteiger partial charge in [-0.3, -0.25) is 5.43 Å². The highest BCUT2D eigenvalue weighted by Crippen LogP contribution is 2.13. The van der Waals surface area contributed by atoms with Crippen molar-refractivity contribution >= 4 is 5.71 Å². The topological polar surface area (TPSA) is 69.2 Å². The van der Waals surface area contributed by atoms with Crippen LogP contribution in [-0.4, -0.2) is 11.3 Å². The van der Waals surface area contributed by atoms with Crippen LogP contribution in [0.1, 0.15) is 27.7 Å². The zero-order valence-corrected chi connectivity index (χ0v) is 10.7. The molecule has 1 aliphatic heterocycles. The van der Waals surface area contributed by atoms with Crippen molar-refractivity contribution in [1.29, 1.82) is 5.41 Å². The van der Waals surface area contributed by atoms with Crippen molar-refractivity contribution in [2.75, 3.05) is 0 Å². The fourth-order valence-electron chi connectivity index (χ4n) is 1.14. The highest BCUT2D eigenvalue weighted by molar-refractivity contribution is 5.89. The van der Waals surface area contributed by atoms with Gasteiger partial charge < -0.3 is 20.9 Å². The SMILES string of the molecule is CC(=N)/C=C\NC1=CNNC(OC(C)(C)C)=C1. The van der Waals surface area contributed by atoms with Gasteiger partial charge in [-0.15, -0.1) is 0 Å². The van der Waals surface area contributed by atoms with Crippen molar-refractivity contribution in [3.63, 3.8) is 0 Å². The monoisotopic (exact) mass is 236 g/mol. The number of ether oxygens (including phenoxy) is 1. The van der Waals surface area contributed by atoms with Gasteiger partial charge in [0.15, 0.2) is 0 Å². The molecule has 5 nitrogen and oxygen atoms in total. The lowest BCUT2D eigenvalue weighted by Crippen LogP contribution is -2.35. The maximum atomic E-state index is 7.25. The maximum absolute atomic E-state index is 7.25. The molecule has 0 radical (unpaired) electrons. The average molecular weight is 236 g/mol. The van der Waals surface area contributed by atoms with Crippen molar-refractivity contribution in [1.82, 2.24) is 16.2 Å². The summed E-state index contributed by atoms with van der Waals surface area (Å²) in [6, 6.07) is 0. The minimum absolute atomic E-state index is 0.246. The molecule has 0 amide bonds. The van der Waals surface area contributed by atoms with E-state index in [-0.39, 0.29) is 5.60 Å². The summed E-state index contributed by atoms with van der Waals surface area (Å²) in [7, 11) is 0. The van der Waals surface area contributed by atoms with Crippen molar-refractivity contribution in [3.05, 3.63) is 36.1 Å².